The van der Waals surface area contributed by atoms with Crippen molar-refractivity contribution in [3.63, 3.8) is 0 Å². The van der Waals surface area contributed by atoms with Crippen molar-refractivity contribution in [2.24, 2.45) is 0 Å². The number of β-lactam (4-membered cyclic amide) rings is 1. The molecule has 1 saturated heterocycles. The summed E-state index contributed by atoms with van der Waals surface area (Å²) >= 11 is 0. The third-order valence-corrected chi connectivity index (χ3v) is 4.73. The van der Waals surface area contributed by atoms with Crippen molar-refractivity contribution >= 4 is 11.6 Å². The van der Waals surface area contributed by atoms with E-state index in [1.807, 2.05) is 45.0 Å². The summed E-state index contributed by atoms with van der Waals surface area (Å²) < 4.78 is 5.42. The molecule has 0 radical (unpaired) electrons. The summed E-state index contributed by atoms with van der Waals surface area (Å²) in [5.41, 5.74) is 5.06. The van der Waals surface area contributed by atoms with Crippen molar-refractivity contribution in [3.8, 4) is 11.5 Å². The van der Waals surface area contributed by atoms with Gasteiger partial charge in [-0.05, 0) is 55.2 Å². The third-order valence-electron chi connectivity index (χ3n) is 4.73. The molecule has 4 nitrogen and oxygen atoms in total. The molecule has 4 heteroatoms. The van der Waals surface area contributed by atoms with Gasteiger partial charge in [-0.1, -0.05) is 18.7 Å². The molecular weight excluding hydrogens is 302 g/mol. The highest BCUT2D eigenvalue weighted by Gasteiger charge is 2.43. The highest BCUT2D eigenvalue weighted by atomic mass is 16.5. The molecule has 2 aromatic rings. The number of anilines is 1. The van der Waals surface area contributed by atoms with Gasteiger partial charge in [0.2, 0.25) is 0 Å². The summed E-state index contributed by atoms with van der Waals surface area (Å²) in [5, 5.41) is 9.99. The summed E-state index contributed by atoms with van der Waals surface area (Å²) in [7, 11) is 1.62. The molecule has 0 aliphatic carbocycles. The van der Waals surface area contributed by atoms with Crippen LogP contribution in [0.5, 0.6) is 11.5 Å². The Bertz CT molecular complexity index is 854. The highest BCUT2D eigenvalue weighted by molar-refractivity contribution is 6.15. The third kappa shape index (κ3) is 2.35. The second kappa shape index (κ2) is 5.71. The number of carbonyl (C=O) groups excluding carboxylic acids is 1. The Kier molecular flexibility index (Phi) is 3.84. The maximum Gasteiger partial charge on any atom is 0.256 e. The van der Waals surface area contributed by atoms with Gasteiger partial charge in [0.05, 0.1) is 13.2 Å². The van der Waals surface area contributed by atoms with E-state index in [9.17, 15) is 9.90 Å². The fourth-order valence-electron chi connectivity index (χ4n) is 3.05. The SMILES string of the molecule is C=C1C(=O)N(c2cc(C)c(C)c(OC)c2)[C@@H]1c1ccc(C)c(O)c1. The Labute approximate surface area is 142 Å². The Morgan fingerprint density at radius 2 is 1.83 bits per heavy atom. The molecule has 24 heavy (non-hydrogen) atoms. The fraction of sp³-hybridized carbons (Fsp3) is 0.250. The largest absolute Gasteiger partial charge is 0.508 e. The van der Waals surface area contributed by atoms with E-state index in [-0.39, 0.29) is 17.7 Å². The zero-order chi connectivity index (χ0) is 17.6. The number of hydrogen-bond donors (Lipinski definition) is 1. The van der Waals surface area contributed by atoms with E-state index < -0.39 is 0 Å². The van der Waals surface area contributed by atoms with Crippen LogP contribution in [-0.4, -0.2) is 18.1 Å². The first kappa shape index (κ1) is 16.1. The number of hydrogen-bond acceptors (Lipinski definition) is 3. The minimum absolute atomic E-state index is 0.106. The van der Waals surface area contributed by atoms with Crippen LogP contribution in [-0.2, 0) is 4.79 Å². The van der Waals surface area contributed by atoms with E-state index in [1.54, 1.807) is 18.1 Å². The summed E-state index contributed by atoms with van der Waals surface area (Å²) in [5.74, 6) is 0.864. The fourth-order valence-corrected chi connectivity index (χ4v) is 3.05. The summed E-state index contributed by atoms with van der Waals surface area (Å²) in [6.07, 6.45) is 0. The lowest BCUT2D eigenvalue weighted by Gasteiger charge is -2.43. The van der Waals surface area contributed by atoms with Crippen LogP contribution in [0.2, 0.25) is 0 Å². The first-order chi connectivity index (χ1) is 11.3. The topological polar surface area (TPSA) is 49.8 Å². The maximum absolute atomic E-state index is 12.4. The van der Waals surface area contributed by atoms with E-state index in [1.165, 1.54) is 0 Å². The van der Waals surface area contributed by atoms with Gasteiger partial charge in [0, 0.05) is 17.3 Å². The molecule has 1 aliphatic rings. The number of phenolic OH excluding ortho intramolecular Hbond substituents is 1. The van der Waals surface area contributed by atoms with E-state index in [0.717, 1.165) is 33.7 Å². The van der Waals surface area contributed by atoms with Crippen LogP contribution in [0.15, 0.2) is 42.5 Å². The average molecular weight is 323 g/mol. The smallest absolute Gasteiger partial charge is 0.256 e. The van der Waals surface area contributed by atoms with Crippen LogP contribution in [0, 0.1) is 20.8 Å². The molecule has 0 aromatic heterocycles. The molecule has 3 rings (SSSR count). The lowest BCUT2D eigenvalue weighted by atomic mass is 9.87. The van der Waals surface area contributed by atoms with E-state index >= 15 is 0 Å². The van der Waals surface area contributed by atoms with Crippen LogP contribution >= 0.6 is 0 Å². The number of methoxy groups -OCH3 is 1. The average Bonchev–Trinajstić information content (AvgIpc) is 2.57. The highest BCUT2D eigenvalue weighted by Crippen LogP contribution is 2.44. The molecule has 124 valence electrons. The second-order valence-electron chi connectivity index (χ2n) is 6.24. The normalized spacial score (nSPS) is 17.0. The number of rotatable bonds is 3. The van der Waals surface area contributed by atoms with E-state index in [4.69, 9.17) is 4.74 Å². The number of benzene rings is 2. The number of aryl methyl sites for hydroxylation is 2. The number of phenols is 1. The molecule has 0 unspecified atom stereocenters. The summed E-state index contributed by atoms with van der Waals surface area (Å²) in [4.78, 5) is 14.1. The molecule has 2 aromatic carbocycles. The number of aromatic hydroxyl groups is 1. The van der Waals surface area contributed by atoms with Gasteiger partial charge in [-0.15, -0.1) is 0 Å². The standard InChI is InChI=1S/C20H21NO3/c1-11-6-7-15(9-17(11)22)19-14(4)20(23)21(19)16-8-12(2)13(3)18(10-16)24-5/h6-10,19,22H,4H2,1-3,5H3/t19-/m0/s1. The molecule has 1 amide bonds. The van der Waals surface area contributed by atoms with Gasteiger partial charge in [-0.2, -0.15) is 0 Å². The van der Waals surface area contributed by atoms with Gasteiger partial charge in [-0.3, -0.25) is 9.69 Å². The quantitative estimate of drug-likeness (QED) is 0.687. The van der Waals surface area contributed by atoms with Gasteiger partial charge < -0.3 is 9.84 Å². The Hall–Kier alpha value is -2.75. The monoisotopic (exact) mass is 323 g/mol. The first-order valence-electron chi connectivity index (χ1n) is 7.82. The summed E-state index contributed by atoms with van der Waals surface area (Å²) in [6, 6.07) is 9.04. The zero-order valence-corrected chi connectivity index (χ0v) is 14.4. The van der Waals surface area contributed by atoms with Crippen LogP contribution in [0.4, 0.5) is 5.69 Å². The number of ether oxygens (including phenoxy) is 1. The van der Waals surface area contributed by atoms with Gasteiger partial charge in [0.1, 0.15) is 11.5 Å². The van der Waals surface area contributed by atoms with Crippen molar-refractivity contribution in [1.82, 2.24) is 0 Å². The van der Waals surface area contributed by atoms with Crippen LogP contribution < -0.4 is 9.64 Å². The lowest BCUT2D eigenvalue weighted by molar-refractivity contribution is -0.118. The van der Waals surface area contributed by atoms with Crippen LogP contribution in [0.25, 0.3) is 0 Å². The predicted octanol–water partition coefficient (Wildman–Crippen LogP) is 3.97. The molecule has 1 heterocycles. The molecule has 1 N–H and O–H groups in total. The second-order valence-corrected chi connectivity index (χ2v) is 6.24. The number of amides is 1. The van der Waals surface area contributed by atoms with Crippen molar-refractivity contribution in [1.29, 1.82) is 0 Å². The Morgan fingerprint density at radius 3 is 2.46 bits per heavy atom. The first-order valence-corrected chi connectivity index (χ1v) is 7.82. The predicted molar refractivity (Wildman–Crippen MR) is 94.7 cm³/mol. The molecule has 0 bridgehead atoms. The molecular formula is C20H21NO3. The van der Waals surface area contributed by atoms with Gasteiger partial charge in [-0.25, -0.2) is 0 Å². The van der Waals surface area contributed by atoms with Crippen LogP contribution in [0.3, 0.4) is 0 Å². The van der Waals surface area contributed by atoms with Crippen molar-refractivity contribution in [2.75, 3.05) is 12.0 Å². The summed E-state index contributed by atoms with van der Waals surface area (Å²) in [6.45, 7) is 9.73. The molecule has 1 aliphatic heterocycles. The minimum atomic E-state index is -0.268. The van der Waals surface area contributed by atoms with Crippen molar-refractivity contribution in [2.45, 2.75) is 26.8 Å². The molecule has 1 fully saturated rings. The van der Waals surface area contributed by atoms with Crippen LogP contribution in [0.1, 0.15) is 28.3 Å². The van der Waals surface area contributed by atoms with E-state index in [2.05, 4.69) is 6.58 Å². The Morgan fingerprint density at radius 1 is 1.12 bits per heavy atom. The lowest BCUT2D eigenvalue weighted by Crippen LogP contribution is -2.48. The van der Waals surface area contributed by atoms with Crippen molar-refractivity contribution in [3.05, 3.63) is 64.7 Å². The Balaban J connectivity index is 2.06. The number of carbonyl (C=O) groups is 1. The van der Waals surface area contributed by atoms with Gasteiger partial charge in [0.15, 0.2) is 0 Å². The maximum atomic E-state index is 12.4. The molecule has 1 atom stereocenters. The number of nitrogens with zero attached hydrogens (tertiary/aromatic N) is 1. The molecule has 0 saturated carbocycles. The van der Waals surface area contributed by atoms with E-state index in [0.29, 0.717) is 5.57 Å². The van der Waals surface area contributed by atoms with Gasteiger partial charge in [0.25, 0.3) is 5.91 Å². The van der Waals surface area contributed by atoms with Gasteiger partial charge >= 0.3 is 0 Å². The minimum Gasteiger partial charge on any atom is -0.508 e. The molecule has 0 spiro atoms. The van der Waals surface area contributed by atoms with Crippen molar-refractivity contribution < 1.29 is 14.6 Å². The zero-order valence-electron chi connectivity index (χ0n) is 14.4.